The minimum atomic E-state index is -5.37. The van der Waals surface area contributed by atoms with E-state index in [-0.39, 0.29) is 12.6 Å². The fraction of sp³-hybridized carbons (Fsp3) is 0.733. The van der Waals surface area contributed by atoms with E-state index in [1.54, 1.807) is 0 Å². The van der Waals surface area contributed by atoms with Crippen LogP contribution < -0.4 is 0 Å². The molecule has 8 N–H and O–H groups in total. The normalized spacial score (nSPS) is 21.0. The van der Waals surface area contributed by atoms with Crippen molar-refractivity contribution < 1.29 is 78.2 Å². The van der Waals surface area contributed by atoms with E-state index in [1.165, 1.54) is 0 Å². The highest BCUT2D eigenvalue weighted by Crippen LogP contribution is 2.45. The molecule has 17 heteroatoms. The van der Waals surface area contributed by atoms with Crippen LogP contribution in [0.2, 0.25) is 0 Å². The number of aliphatic hydroxyl groups excluding tert-OH is 7. The molecule has 0 aromatic rings. The van der Waals surface area contributed by atoms with Crippen molar-refractivity contribution in [1.82, 2.24) is 0 Å². The summed E-state index contributed by atoms with van der Waals surface area (Å²) in [6.45, 7) is -1.64. The van der Waals surface area contributed by atoms with Crippen LogP contribution in [0.1, 0.15) is 6.92 Å². The molecule has 0 aromatic heterocycles. The highest BCUT2D eigenvalue weighted by molar-refractivity contribution is 7.47. The first kappa shape index (κ1) is 30.3. The second kappa shape index (κ2) is 13.8. The molecule has 0 saturated heterocycles. The van der Waals surface area contributed by atoms with Crippen molar-refractivity contribution in [3.8, 4) is 0 Å². The van der Waals surface area contributed by atoms with Crippen molar-refractivity contribution in [3.63, 3.8) is 0 Å². The molecule has 0 heterocycles. The summed E-state index contributed by atoms with van der Waals surface area (Å²) in [7, 11) is -5.37. The molecular weight excluding hydrogens is 467 g/mol. The predicted molar refractivity (Wildman–Crippen MR) is 96.5 cm³/mol. The molecule has 0 rings (SSSR count). The highest BCUT2D eigenvalue weighted by Gasteiger charge is 2.42. The number of phosphoric acid groups is 1. The second-order valence-corrected chi connectivity index (χ2v) is 7.72. The first-order valence-electron chi connectivity index (χ1n) is 8.69. The molecular formula is C15H25O16P. The molecule has 0 amide bonds. The number of hydrogen-bond acceptors (Lipinski definition) is 15. The largest absolute Gasteiger partial charge is 0.473 e. The molecule has 9 atom stereocenters. The minimum Gasteiger partial charge on any atom is -0.450 e. The van der Waals surface area contributed by atoms with E-state index in [0.29, 0.717) is 0 Å². The zero-order chi connectivity index (χ0) is 25.2. The van der Waals surface area contributed by atoms with Crippen LogP contribution in [0, 0.1) is 0 Å². The van der Waals surface area contributed by atoms with Gasteiger partial charge in [0.05, 0.1) is 13.2 Å². The zero-order valence-corrected chi connectivity index (χ0v) is 17.4. The van der Waals surface area contributed by atoms with Gasteiger partial charge in [-0.15, -0.1) is 0 Å². The number of carbonyl (C=O) groups is 4. The number of ketones is 1. The van der Waals surface area contributed by atoms with Gasteiger partial charge < -0.3 is 55.0 Å². The molecule has 0 aliphatic carbocycles. The number of rotatable bonds is 16. The fourth-order valence-corrected chi connectivity index (χ4v) is 2.87. The number of phosphoric ester groups is 1. The SMILES string of the molecule is CC(=O)C(=O)O[C@@H]([C@H](O)[C@H](O)CO)[C@H](C=O)OP(=O)(O)OC[C@@H](O)[C@@H](O)[C@H](O)[C@@H](O)C=O. The lowest BCUT2D eigenvalue weighted by Crippen LogP contribution is -2.50. The number of aldehydes is 2. The van der Waals surface area contributed by atoms with E-state index < -0.39 is 81.6 Å². The summed E-state index contributed by atoms with van der Waals surface area (Å²) < 4.78 is 25.3. The summed E-state index contributed by atoms with van der Waals surface area (Å²) in [4.78, 5) is 53.9. The Morgan fingerprint density at radius 2 is 1.50 bits per heavy atom. The number of carbonyl (C=O) groups excluding carboxylic acids is 4. The van der Waals surface area contributed by atoms with Crippen LogP contribution in [0.5, 0.6) is 0 Å². The Balaban J connectivity index is 5.39. The maximum atomic E-state index is 12.0. The lowest BCUT2D eigenvalue weighted by Gasteiger charge is -2.30. The van der Waals surface area contributed by atoms with E-state index in [2.05, 4.69) is 13.8 Å². The average molecular weight is 492 g/mol. The quantitative estimate of drug-likeness (QED) is 0.0432. The number of esters is 1. The van der Waals surface area contributed by atoms with Crippen LogP contribution in [0.15, 0.2) is 0 Å². The molecule has 0 bridgehead atoms. The van der Waals surface area contributed by atoms with Crippen molar-refractivity contribution in [3.05, 3.63) is 0 Å². The Kier molecular flexibility index (Phi) is 13.0. The molecule has 0 aromatic carbocycles. The first-order chi connectivity index (χ1) is 14.7. The Morgan fingerprint density at radius 3 is 1.94 bits per heavy atom. The lowest BCUT2D eigenvalue weighted by atomic mass is 10.0. The van der Waals surface area contributed by atoms with E-state index in [9.17, 15) is 54.2 Å². The summed E-state index contributed by atoms with van der Waals surface area (Å²) in [5, 5.41) is 66.0. The van der Waals surface area contributed by atoms with E-state index in [4.69, 9.17) is 10.2 Å². The van der Waals surface area contributed by atoms with Gasteiger partial charge in [0.2, 0.25) is 5.78 Å². The zero-order valence-electron chi connectivity index (χ0n) is 16.5. The number of ether oxygens (including phenoxy) is 1. The molecule has 0 saturated carbocycles. The Bertz CT molecular complexity index is 684. The molecule has 0 aliphatic rings. The summed E-state index contributed by atoms with van der Waals surface area (Å²) in [5.74, 6) is -2.86. The maximum absolute atomic E-state index is 12.0. The summed E-state index contributed by atoms with van der Waals surface area (Å²) in [6, 6.07) is 0. The van der Waals surface area contributed by atoms with Gasteiger partial charge >= 0.3 is 13.8 Å². The third-order valence-corrected chi connectivity index (χ3v) is 4.79. The standard InChI is InChI=1S/C15H25O16P/c1-6(19)15(26)30-14(13(25)8(21)3-17)10(4-18)31-32(27,28)29-5-9(22)12(24)11(23)7(20)2-16/h2,4,7-14,17,20-25H,3,5H2,1H3,(H,27,28)/t7-,8+,9+,10-,11+,12+,13+,14+/m0/s1. The van der Waals surface area contributed by atoms with Gasteiger partial charge in [-0.25, -0.2) is 9.36 Å². The van der Waals surface area contributed by atoms with Gasteiger partial charge in [0.25, 0.3) is 0 Å². The molecule has 0 radical (unpaired) electrons. The van der Waals surface area contributed by atoms with Gasteiger partial charge in [-0.05, 0) is 0 Å². The van der Waals surface area contributed by atoms with Crippen LogP contribution in [0.4, 0.5) is 0 Å². The van der Waals surface area contributed by atoms with Crippen molar-refractivity contribution in [2.75, 3.05) is 13.2 Å². The summed E-state index contributed by atoms with van der Waals surface area (Å²) in [6.07, 6.45) is -18.1. The van der Waals surface area contributed by atoms with Crippen LogP contribution in [0.3, 0.4) is 0 Å². The van der Waals surface area contributed by atoms with Gasteiger partial charge in [0.1, 0.15) is 36.6 Å². The minimum absolute atomic E-state index is 0.162. The lowest BCUT2D eigenvalue weighted by molar-refractivity contribution is -0.176. The van der Waals surface area contributed by atoms with Gasteiger partial charge in [-0.2, -0.15) is 0 Å². The molecule has 1 unspecified atom stereocenters. The summed E-state index contributed by atoms with van der Waals surface area (Å²) in [5.41, 5.74) is 0. The third kappa shape index (κ3) is 9.43. The molecule has 0 spiro atoms. The smallest absolute Gasteiger partial charge is 0.450 e. The molecule has 32 heavy (non-hydrogen) atoms. The molecule has 186 valence electrons. The number of hydrogen-bond donors (Lipinski definition) is 8. The van der Waals surface area contributed by atoms with Gasteiger partial charge in [-0.3, -0.25) is 13.8 Å². The number of Topliss-reactive ketones (excluding diaryl/α,β-unsaturated/α-hetero) is 1. The van der Waals surface area contributed by atoms with E-state index in [0.717, 1.165) is 6.92 Å². The van der Waals surface area contributed by atoms with Gasteiger partial charge in [0.15, 0.2) is 24.8 Å². The van der Waals surface area contributed by atoms with Gasteiger partial charge in [0, 0.05) is 6.92 Å². The average Bonchev–Trinajstić information content (AvgIpc) is 2.76. The third-order valence-electron chi connectivity index (χ3n) is 3.80. The van der Waals surface area contributed by atoms with Crippen LogP contribution >= 0.6 is 7.82 Å². The maximum Gasteiger partial charge on any atom is 0.473 e. The summed E-state index contributed by atoms with van der Waals surface area (Å²) >= 11 is 0. The monoisotopic (exact) mass is 492 g/mol. The topological polar surface area (TPSA) is 275 Å². The molecule has 0 aliphatic heterocycles. The molecule has 0 fully saturated rings. The Labute approximate surface area is 180 Å². The van der Waals surface area contributed by atoms with Crippen molar-refractivity contribution in [1.29, 1.82) is 0 Å². The van der Waals surface area contributed by atoms with Crippen molar-refractivity contribution in [2.24, 2.45) is 0 Å². The van der Waals surface area contributed by atoms with Gasteiger partial charge in [-0.1, -0.05) is 0 Å². The van der Waals surface area contributed by atoms with E-state index in [1.807, 2.05) is 0 Å². The van der Waals surface area contributed by atoms with E-state index >= 15 is 0 Å². The molecule has 16 nitrogen and oxygen atoms in total. The van der Waals surface area contributed by atoms with Crippen LogP contribution in [-0.2, 0) is 37.5 Å². The number of aliphatic hydroxyl groups is 7. The van der Waals surface area contributed by atoms with Crippen LogP contribution in [0.25, 0.3) is 0 Å². The van der Waals surface area contributed by atoms with Crippen molar-refractivity contribution in [2.45, 2.75) is 55.8 Å². The van der Waals surface area contributed by atoms with Crippen molar-refractivity contribution >= 4 is 32.1 Å². The fourth-order valence-electron chi connectivity index (χ4n) is 1.99. The Hall–Kier alpha value is -1.69. The predicted octanol–water partition coefficient (Wildman–Crippen LogP) is -5.46. The van der Waals surface area contributed by atoms with Crippen LogP contribution in [-0.4, -0.2) is 127 Å². The Morgan fingerprint density at radius 1 is 0.938 bits per heavy atom. The highest BCUT2D eigenvalue weighted by atomic mass is 31.2. The first-order valence-corrected chi connectivity index (χ1v) is 10.2. The second-order valence-electron chi connectivity index (χ2n) is 6.31.